The normalized spacial score (nSPS) is 12.2. The molecule has 1 aromatic carbocycles. The number of aliphatic carboxylic acids is 1. The topological polar surface area (TPSA) is 46.5 Å². The summed E-state index contributed by atoms with van der Waals surface area (Å²) in [7, 11) is 1.65. The van der Waals surface area contributed by atoms with Crippen molar-refractivity contribution in [1.82, 2.24) is 0 Å². The molecule has 17 heavy (non-hydrogen) atoms. The number of ether oxygens (including phenoxy) is 1. The number of carbonyl (C=O) groups is 1. The van der Waals surface area contributed by atoms with E-state index in [1.165, 1.54) is 0 Å². The lowest BCUT2D eigenvalue weighted by atomic mass is 9.99. The van der Waals surface area contributed by atoms with E-state index in [0.29, 0.717) is 6.42 Å². The molecule has 0 aromatic heterocycles. The third kappa shape index (κ3) is 4.04. The fourth-order valence-corrected chi connectivity index (χ4v) is 2.42. The number of carboxylic acids is 1. The summed E-state index contributed by atoms with van der Waals surface area (Å²) in [5.74, 6) is 0.0883. The lowest BCUT2D eigenvalue weighted by molar-refractivity contribution is -0.136. The average molecular weight is 301 g/mol. The zero-order valence-electron chi connectivity index (χ0n) is 10.3. The lowest BCUT2D eigenvalue weighted by Gasteiger charge is -2.13. The van der Waals surface area contributed by atoms with E-state index in [9.17, 15) is 4.79 Å². The third-order valence-electron chi connectivity index (χ3n) is 2.69. The first-order chi connectivity index (χ1) is 7.93. The maximum atomic E-state index is 10.6. The van der Waals surface area contributed by atoms with E-state index in [2.05, 4.69) is 22.0 Å². The molecule has 0 aliphatic carbocycles. The number of carboxylic acid groups (broad SMARTS) is 1. The minimum absolute atomic E-state index is 0.0357. The molecule has 0 heterocycles. The number of hydrogen-bond acceptors (Lipinski definition) is 2. The van der Waals surface area contributed by atoms with E-state index in [4.69, 9.17) is 9.84 Å². The average Bonchev–Trinajstić information content (AvgIpc) is 2.21. The van der Waals surface area contributed by atoms with Gasteiger partial charge in [-0.15, -0.1) is 0 Å². The van der Waals surface area contributed by atoms with Crippen molar-refractivity contribution in [2.24, 2.45) is 0 Å². The Morgan fingerprint density at radius 3 is 2.59 bits per heavy atom. The highest BCUT2D eigenvalue weighted by Crippen LogP contribution is 2.25. The number of aryl methyl sites for hydroxylation is 2. The van der Waals surface area contributed by atoms with Gasteiger partial charge in [0, 0.05) is 4.83 Å². The molecular formula is C13H17BrO3. The molecule has 0 aliphatic heterocycles. The van der Waals surface area contributed by atoms with Crippen LogP contribution >= 0.6 is 15.9 Å². The molecule has 1 aromatic rings. The highest BCUT2D eigenvalue weighted by Gasteiger charge is 2.13. The van der Waals surface area contributed by atoms with Gasteiger partial charge in [-0.1, -0.05) is 22.0 Å². The van der Waals surface area contributed by atoms with Crippen molar-refractivity contribution in [2.45, 2.75) is 31.5 Å². The molecule has 0 amide bonds. The summed E-state index contributed by atoms with van der Waals surface area (Å²) >= 11 is 3.40. The first kappa shape index (κ1) is 14.0. The zero-order chi connectivity index (χ0) is 13.0. The van der Waals surface area contributed by atoms with Crippen molar-refractivity contribution >= 4 is 21.9 Å². The van der Waals surface area contributed by atoms with Gasteiger partial charge in [0.1, 0.15) is 5.75 Å². The van der Waals surface area contributed by atoms with Crippen molar-refractivity contribution < 1.29 is 14.6 Å². The Morgan fingerprint density at radius 1 is 1.41 bits per heavy atom. The first-order valence-electron chi connectivity index (χ1n) is 5.44. The summed E-state index contributed by atoms with van der Waals surface area (Å²) in [6.45, 7) is 4.00. The van der Waals surface area contributed by atoms with E-state index in [0.717, 1.165) is 22.4 Å². The molecule has 94 valence electrons. The van der Waals surface area contributed by atoms with Crippen LogP contribution in [0.1, 0.15) is 23.1 Å². The molecule has 4 heteroatoms. The van der Waals surface area contributed by atoms with Crippen LogP contribution in [-0.2, 0) is 11.2 Å². The number of alkyl halides is 1. The van der Waals surface area contributed by atoms with Gasteiger partial charge >= 0.3 is 5.97 Å². The van der Waals surface area contributed by atoms with Gasteiger partial charge in [0.2, 0.25) is 0 Å². The Hall–Kier alpha value is -1.03. The molecule has 0 saturated carbocycles. The quantitative estimate of drug-likeness (QED) is 0.850. The Kier molecular flexibility index (Phi) is 5.00. The molecule has 1 unspecified atom stereocenters. The summed E-state index contributed by atoms with van der Waals surface area (Å²) in [6.07, 6.45) is 0.841. The minimum atomic E-state index is -0.783. The standard InChI is InChI=1S/C13H17BrO3/c1-8-5-12(17-3)9(2)4-10(8)6-11(14)7-13(15)16/h4-5,11H,6-7H2,1-3H3,(H,15,16). The summed E-state index contributed by atoms with van der Waals surface area (Å²) in [5, 5.41) is 8.72. The molecule has 0 radical (unpaired) electrons. The Labute approximate surface area is 110 Å². The molecule has 1 atom stereocenters. The highest BCUT2D eigenvalue weighted by molar-refractivity contribution is 9.09. The minimum Gasteiger partial charge on any atom is -0.496 e. The predicted octanol–water partition coefficient (Wildman–Crippen LogP) is 3.09. The van der Waals surface area contributed by atoms with Gasteiger partial charge in [-0.3, -0.25) is 4.79 Å². The van der Waals surface area contributed by atoms with E-state index >= 15 is 0 Å². The highest BCUT2D eigenvalue weighted by atomic mass is 79.9. The van der Waals surface area contributed by atoms with Crippen LogP contribution in [-0.4, -0.2) is 23.0 Å². The van der Waals surface area contributed by atoms with E-state index in [1.807, 2.05) is 19.9 Å². The number of halogens is 1. The molecule has 0 aliphatic rings. The summed E-state index contributed by atoms with van der Waals surface area (Å²) in [4.78, 5) is 10.6. The van der Waals surface area contributed by atoms with Gasteiger partial charge in [-0.25, -0.2) is 0 Å². The van der Waals surface area contributed by atoms with Crippen LogP contribution in [0.4, 0.5) is 0 Å². The van der Waals surface area contributed by atoms with Gasteiger partial charge in [0.25, 0.3) is 0 Å². The van der Waals surface area contributed by atoms with E-state index in [-0.39, 0.29) is 11.2 Å². The molecule has 0 bridgehead atoms. The maximum Gasteiger partial charge on any atom is 0.304 e. The summed E-state index contributed by atoms with van der Waals surface area (Å²) in [5.41, 5.74) is 3.36. The molecular weight excluding hydrogens is 284 g/mol. The van der Waals surface area contributed by atoms with Gasteiger partial charge in [-0.05, 0) is 43.0 Å². The molecule has 1 rings (SSSR count). The fourth-order valence-electron chi connectivity index (χ4n) is 1.79. The fraction of sp³-hybridized carbons (Fsp3) is 0.462. The zero-order valence-corrected chi connectivity index (χ0v) is 11.9. The Bertz CT molecular complexity index is 415. The Balaban J connectivity index is 2.84. The first-order valence-corrected chi connectivity index (χ1v) is 6.35. The molecule has 0 fully saturated rings. The van der Waals surface area contributed by atoms with Gasteiger partial charge in [-0.2, -0.15) is 0 Å². The van der Waals surface area contributed by atoms with Gasteiger partial charge < -0.3 is 9.84 Å². The number of benzene rings is 1. The van der Waals surface area contributed by atoms with Gasteiger partial charge in [0.05, 0.1) is 13.5 Å². The van der Waals surface area contributed by atoms with Crippen molar-refractivity contribution in [3.05, 3.63) is 28.8 Å². The van der Waals surface area contributed by atoms with E-state index < -0.39 is 5.97 Å². The maximum absolute atomic E-state index is 10.6. The lowest BCUT2D eigenvalue weighted by Crippen LogP contribution is -2.10. The van der Waals surface area contributed by atoms with Crippen LogP contribution in [0.25, 0.3) is 0 Å². The number of rotatable bonds is 5. The summed E-state index contributed by atoms with van der Waals surface area (Å²) < 4.78 is 5.24. The second kappa shape index (κ2) is 6.05. The van der Waals surface area contributed by atoms with E-state index in [1.54, 1.807) is 7.11 Å². The van der Waals surface area contributed by atoms with Crippen molar-refractivity contribution in [3.8, 4) is 5.75 Å². The van der Waals surface area contributed by atoms with Crippen molar-refractivity contribution in [3.63, 3.8) is 0 Å². The van der Waals surface area contributed by atoms with Crippen molar-refractivity contribution in [1.29, 1.82) is 0 Å². The smallest absolute Gasteiger partial charge is 0.304 e. The summed E-state index contributed by atoms with van der Waals surface area (Å²) in [6, 6.07) is 4.05. The van der Waals surface area contributed by atoms with Crippen LogP contribution in [0.15, 0.2) is 12.1 Å². The van der Waals surface area contributed by atoms with Crippen molar-refractivity contribution in [2.75, 3.05) is 7.11 Å². The van der Waals surface area contributed by atoms with Crippen LogP contribution < -0.4 is 4.74 Å². The van der Waals surface area contributed by atoms with Crippen LogP contribution in [0, 0.1) is 13.8 Å². The Morgan fingerprint density at radius 2 is 2.06 bits per heavy atom. The molecule has 0 saturated heterocycles. The third-order valence-corrected chi connectivity index (χ3v) is 3.34. The second-order valence-corrected chi connectivity index (χ2v) is 5.44. The SMILES string of the molecule is COc1cc(C)c(CC(Br)CC(=O)O)cc1C. The largest absolute Gasteiger partial charge is 0.496 e. The molecule has 3 nitrogen and oxygen atoms in total. The van der Waals surface area contributed by atoms with Crippen LogP contribution in [0.3, 0.4) is 0 Å². The van der Waals surface area contributed by atoms with Crippen LogP contribution in [0.2, 0.25) is 0 Å². The second-order valence-electron chi connectivity index (χ2n) is 4.15. The van der Waals surface area contributed by atoms with Gasteiger partial charge in [0.15, 0.2) is 0 Å². The molecule has 0 spiro atoms. The number of hydrogen-bond donors (Lipinski definition) is 1. The predicted molar refractivity (Wildman–Crippen MR) is 71.1 cm³/mol. The molecule has 1 N–H and O–H groups in total. The number of methoxy groups -OCH3 is 1. The monoisotopic (exact) mass is 300 g/mol. The van der Waals surface area contributed by atoms with Crippen LogP contribution in [0.5, 0.6) is 5.75 Å².